The lowest BCUT2D eigenvalue weighted by Gasteiger charge is -2.11. The highest BCUT2D eigenvalue weighted by atomic mass is 35.5. The number of rotatable bonds is 7. The van der Waals surface area contributed by atoms with E-state index in [1.165, 1.54) is 0 Å². The molecule has 0 aliphatic rings. The summed E-state index contributed by atoms with van der Waals surface area (Å²) in [6.07, 6.45) is 1.14. The fourth-order valence-corrected chi connectivity index (χ4v) is 3.22. The summed E-state index contributed by atoms with van der Waals surface area (Å²) in [5.74, 6) is 0.901. The SMILES string of the molecule is CCCNCc1nc(COc2c(C)cc(Cl)cc2C)cs1. The number of hydrogen-bond acceptors (Lipinski definition) is 4. The van der Waals surface area contributed by atoms with E-state index in [0.29, 0.717) is 6.61 Å². The molecule has 1 aromatic heterocycles. The predicted octanol–water partition coefficient (Wildman–Crippen LogP) is 4.49. The van der Waals surface area contributed by atoms with Gasteiger partial charge in [-0.2, -0.15) is 0 Å². The second-order valence-electron chi connectivity index (χ2n) is 5.07. The summed E-state index contributed by atoms with van der Waals surface area (Å²) >= 11 is 7.70. The molecule has 3 nitrogen and oxygen atoms in total. The molecule has 0 unspecified atom stereocenters. The standard InChI is InChI=1S/C16H21ClN2OS/c1-4-5-18-8-15-19-14(10-21-15)9-20-16-11(2)6-13(17)7-12(16)3/h6-7,10,18H,4-5,8-9H2,1-3H3. The van der Waals surface area contributed by atoms with Gasteiger partial charge in [-0.3, -0.25) is 0 Å². The Hall–Kier alpha value is -1.10. The van der Waals surface area contributed by atoms with Crippen molar-refractivity contribution in [2.75, 3.05) is 6.54 Å². The van der Waals surface area contributed by atoms with Crippen molar-refractivity contribution < 1.29 is 4.74 Å². The van der Waals surface area contributed by atoms with Crippen LogP contribution in [0.15, 0.2) is 17.5 Å². The average molecular weight is 325 g/mol. The molecule has 0 spiro atoms. The molecule has 0 aliphatic heterocycles. The second-order valence-corrected chi connectivity index (χ2v) is 6.45. The Morgan fingerprint density at radius 2 is 2.00 bits per heavy atom. The van der Waals surface area contributed by atoms with E-state index >= 15 is 0 Å². The molecule has 0 radical (unpaired) electrons. The van der Waals surface area contributed by atoms with Crippen molar-refractivity contribution in [1.29, 1.82) is 0 Å². The third-order valence-electron chi connectivity index (χ3n) is 3.09. The first kappa shape index (κ1) is 16.3. The molecular formula is C16H21ClN2OS. The van der Waals surface area contributed by atoms with E-state index in [1.54, 1.807) is 11.3 Å². The van der Waals surface area contributed by atoms with Gasteiger partial charge in [-0.15, -0.1) is 11.3 Å². The average Bonchev–Trinajstić information content (AvgIpc) is 2.86. The number of ether oxygens (including phenoxy) is 1. The summed E-state index contributed by atoms with van der Waals surface area (Å²) < 4.78 is 5.91. The lowest BCUT2D eigenvalue weighted by Crippen LogP contribution is -2.13. The van der Waals surface area contributed by atoms with E-state index in [4.69, 9.17) is 16.3 Å². The zero-order chi connectivity index (χ0) is 15.2. The highest BCUT2D eigenvalue weighted by molar-refractivity contribution is 7.09. The van der Waals surface area contributed by atoms with Crippen molar-refractivity contribution in [2.24, 2.45) is 0 Å². The molecule has 0 bridgehead atoms. The van der Waals surface area contributed by atoms with Gasteiger partial charge in [0.2, 0.25) is 0 Å². The Kier molecular flexibility index (Phi) is 6.03. The highest BCUT2D eigenvalue weighted by Crippen LogP contribution is 2.27. The summed E-state index contributed by atoms with van der Waals surface area (Å²) in [7, 11) is 0. The normalized spacial score (nSPS) is 10.9. The maximum absolute atomic E-state index is 6.03. The monoisotopic (exact) mass is 324 g/mol. The molecule has 0 atom stereocenters. The molecule has 0 saturated carbocycles. The lowest BCUT2D eigenvalue weighted by atomic mass is 10.1. The van der Waals surface area contributed by atoms with Crippen molar-refractivity contribution in [3.63, 3.8) is 0 Å². The van der Waals surface area contributed by atoms with Crippen LogP contribution in [0.5, 0.6) is 5.75 Å². The van der Waals surface area contributed by atoms with E-state index in [9.17, 15) is 0 Å². The highest BCUT2D eigenvalue weighted by Gasteiger charge is 2.08. The summed E-state index contributed by atoms with van der Waals surface area (Å²) in [4.78, 5) is 4.58. The Balaban J connectivity index is 1.94. The summed E-state index contributed by atoms with van der Waals surface area (Å²) in [5.41, 5.74) is 3.09. The molecule has 0 saturated heterocycles. The minimum Gasteiger partial charge on any atom is -0.487 e. The van der Waals surface area contributed by atoms with Gasteiger partial charge in [0, 0.05) is 16.9 Å². The van der Waals surface area contributed by atoms with Crippen molar-refractivity contribution >= 4 is 22.9 Å². The van der Waals surface area contributed by atoms with Crippen LogP contribution in [0.2, 0.25) is 5.02 Å². The summed E-state index contributed by atoms with van der Waals surface area (Å²) in [6.45, 7) is 8.52. The van der Waals surface area contributed by atoms with E-state index in [2.05, 4.69) is 22.6 Å². The summed E-state index contributed by atoms with van der Waals surface area (Å²) in [5, 5.41) is 7.26. The van der Waals surface area contributed by atoms with E-state index < -0.39 is 0 Å². The Morgan fingerprint density at radius 3 is 2.67 bits per heavy atom. The van der Waals surface area contributed by atoms with Crippen LogP contribution in [-0.4, -0.2) is 11.5 Å². The smallest absolute Gasteiger partial charge is 0.131 e. The van der Waals surface area contributed by atoms with Gasteiger partial charge in [-0.05, 0) is 50.1 Å². The number of nitrogens with one attached hydrogen (secondary N) is 1. The van der Waals surface area contributed by atoms with E-state index in [1.807, 2.05) is 26.0 Å². The first-order valence-corrected chi connectivity index (χ1v) is 8.39. The zero-order valence-electron chi connectivity index (χ0n) is 12.7. The van der Waals surface area contributed by atoms with Crippen molar-refractivity contribution in [3.05, 3.63) is 44.4 Å². The molecule has 21 heavy (non-hydrogen) atoms. The van der Waals surface area contributed by atoms with Gasteiger partial charge >= 0.3 is 0 Å². The molecule has 5 heteroatoms. The molecule has 114 valence electrons. The molecule has 1 N–H and O–H groups in total. The van der Waals surface area contributed by atoms with Crippen LogP contribution < -0.4 is 10.1 Å². The number of hydrogen-bond donors (Lipinski definition) is 1. The number of halogens is 1. The molecule has 0 amide bonds. The molecule has 2 aromatic rings. The van der Waals surface area contributed by atoms with Gasteiger partial charge in [0.05, 0.1) is 5.69 Å². The van der Waals surface area contributed by atoms with Crippen LogP contribution in [0.3, 0.4) is 0 Å². The van der Waals surface area contributed by atoms with E-state index in [-0.39, 0.29) is 0 Å². The van der Waals surface area contributed by atoms with Gasteiger partial charge in [-0.1, -0.05) is 18.5 Å². The van der Waals surface area contributed by atoms with Crippen LogP contribution in [0.4, 0.5) is 0 Å². The third-order valence-corrected chi connectivity index (χ3v) is 4.21. The number of aromatic nitrogens is 1. The molecule has 2 rings (SSSR count). The van der Waals surface area contributed by atoms with Crippen LogP contribution in [0.1, 0.15) is 35.2 Å². The second kappa shape index (κ2) is 7.78. The van der Waals surface area contributed by atoms with Gasteiger partial charge in [-0.25, -0.2) is 4.98 Å². The minimum atomic E-state index is 0.494. The Bertz CT molecular complexity index is 575. The number of benzene rings is 1. The molecule has 0 fully saturated rings. The largest absolute Gasteiger partial charge is 0.487 e. The Morgan fingerprint density at radius 1 is 1.29 bits per heavy atom. The number of aryl methyl sites for hydroxylation is 2. The fourth-order valence-electron chi connectivity index (χ4n) is 2.14. The Labute approximate surface area is 135 Å². The van der Waals surface area contributed by atoms with Crippen molar-refractivity contribution in [3.8, 4) is 5.75 Å². The van der Waals surface area contributed by atoms with Crippen molar-refractivity contribution in [1.82, 2.24) is 10.3 Å². The van der Waals surface area contributed by atoms with Gasteiger partial charge in [0.15, 0.2) is 0 Å². The van der Waals surface area contributed by atoms with E-state index in [0.717, 1.165) is 52.1 Å². The van der Waals surface area contributed by atoms with Crippen LogP contribution in [0.25, 0.3) is 0 Å². The topological polar surface area (TPSA) is 34.2 Å². The molecule has 0 aliphatic carbocycles. The maximum Gasteiger partial charge on any atom is 0.131 e. The fraction of sp³-hybridized carbons (Fsp3) is 0.438. The predicted molar refractivity (Wildman–Crippen MR) is 89.4 cm³/mol. The summed E-state index contributed by atoms with van der Waals surface area (Å²) in [6, 6.07) is 3.84. The number of nitrogens with zero attached hydrogens (tertiary/aromatic N) is 1. The number of thiazole rings is 1. The van der Waals surface area contributed by atoms with Crippen LogP contribution in [-0.2, 0) is 13.2 Å². The molecule has 1 aromatic carbocycles. The third kappa shape index (κ3) is 4.70. The molecular weight excluding hydrogens is 304 g/mol. The van der Waals surface area contributed by atoms with Gasteiger partial charge in [0.25, 0.3) is 0 Å². The maximum atomic E-state index is 6.03. The first-order valence-electron chi connectivity index (χ1n) is 7.13. The quantitative estimate of drug-likeness (QED) is 0.762. The van der Waals surface area contributed by atoms with Gasteiger partial charge < -0.3 is 10.1 Å². The zero-order valence-corrected chi connectivity index (χ0v) is 14.3. The first-order chi connectivity index (χ1) is 10.1. The van der Waals surface area contributed by atoms with Crippen molar-refractivity contribution in [2.45, 2.75) is 40.3 Å². The van der Waals surface area contributed by atoms with Crippen LogP contribution >= 0.6 is 22.9 Å². The van der Waals surface area contributed by atoms with Gasteiger partial charge in [0.1, 0.15) is 17.4 Å². The van der Waals surface area contributed by atoms with Crippen LogP contribution in [0, 0.1) is 13.8 Å². The minimum absolute atomic E-state index is 0.494. The molecule has 1 heterocycles. The lowest BCUT2D eigenvalue weighted by molar-refractivity contribution is 0.297.